The SMILES string of the molecule is [2H]C([2H])([2H])c1ccc(-c2[nH]c3ccccc3[n+]2-c2c(C(C)C)cccc2C(C)C)c2oc3cc4c(ccc5ccccc54)cc3c12. The second-order valence-electron chi connectivity index (χ2n) is 12.2. The number of H-pyrrole nitrogens is 1. The topological polar surface area (TPSA) is 32.8 Å². The van der Waals surface area contributed by atoms with E-state index in [0.29, 0.717) is 22.1 Å². The summed E-state index contributed by atoms with van der Waals surface area (Å²) in [4.78, 5) is 3.73. The monoisotopic (exact) mass is 562 g/mol. The van der Waals surface area contributed by atoms with Crippen molar-refractivity contribution in [3.8, 4) is 17.1 Å². The van der Waals surface area contributed by atoms with Crippen LogP contribution in [0.4, 0.5) is 0 Å². The van der Waals surface area contributed by atoms with Crippen LogP contribution in [0.15, 0.2) is 108 Å². The van der Waals surface area contributed by atoms with Crippen molar-refractivity contribution in [2.45, 2.75) is 46.4 Å². The molecule has 1 N–H and O–H groups in total. The van der Waals surface area contributed by atoms with E-state index < -0.39 is 6.85 Å². The second kappa shape index (κ2) is 9.57. The maximum atomic E-state index is 8.51. The van der Waals surface area contributed by atoms with Crippen molar-refractivity contribution in [3.05, 3.63) is 120 Å². The van der Waals surface area contributed by atoms with Crippen LogP contribution in [0.3, 0.4) is 0 Å². The van der Waals surface area contributed by atoms with Crippen LogP contribution in [0.1, 0.15) is 60.3 Å². The minimum atomic E-state index is -2.32. The highest BCUT2D eigenvalue weighted by Gasteiger charge is 2.30. The Kier molecular flexibility index (Phi) is 5.05. The molecule has 8 rings (SSSR count). The fraction of sp³-hybridized carbons (Fsp3) is 0.175. The van der Waals surface area contributed by atoms with Crippen LogP contribution >= 0.6 is 0 Å². The number of nitrogens with one attached hydrogen (secondary N) is 1. The Balaban J connectivity index is 1.52. The first-order valence-electron chi connectivity index (χ1n) is 16.6. The van der Waals surface area contributed by atoms with Gasteiger partial charge in [-0.3, -0.25) is 0 Å². The third-order valence-corrected chi connectivity index (χ3v) is 8.93. The first-order chi connectivity index (χ1) is 22.1. The average Bonchev–Trinajstić information content (AvgIpc) is 3.60. The molecule has 0 aliphatic heterocycles. The quantitative estimate of drug-likeness (QED) is 0.168. The molecule has 6 aromatic carbocycles. The summed E-state index contributed by atoms with van der Waals surface area (Å²) in [7, 11) is 0. The van der Waals surface area contributed by atoms with Crippen LogP contribution in [0.25, 0.3) is 71.6 Å². The fourth-order valence-electron chi connectivity index (χ4n) is 6.84. The van der Waals surface area contributed by atoms with Gasteiger partial charge >= 0.3 is 0 Å². The zero-order valence-corrected chi connectivity index (χ0v) is 24.8. The van der Waals surface area contributed by atoms with Crippen molar-refractivity contribution in [2.75, 3.05) is 0 Å². The third kappa shape index (κ3) is 3.84. The van der Waals surface area contributed by atoms with Crippen molar-refractivity contribution in [1.82, 2.24) is 4.98 Å². The van der Waals surface area contributed by atoms with E-state index in [1.54, 1.807) is 6.07 Å². The van der Waals surface area contributed by atoms with Gasteiger partial charge in [-0.2, -0.15) is 4.57 Å². The Morgan fingerprint density at radius 2 is 1.44 bits per heavy atom. The summed E-state index contributed by atoms with van der Waals surface area (Å²) in [5.74, 6) is 1.43. The lowest BCUT2D eigenvalue weighted by molar-refractivity contribution is -0.556. The first kappa shape index (κ1) is 22.7. The van der Waals surface area contributed by atoms with Gasteiger partial charge in [0.15, 0.2) is 16.6 Å². The molecule has 0 atom stereocenters. The van der Waals surface area contributed by atoms with Crippen molar-refractivity contribution >= 4 is 54.5 Å². The van der Waals surface area contributed by atoms with Crippen molar-refractivity contribution in [1.29, 1.82) is 0 Å². The molecular weight excluding hydrogens is 524 g/mol. The van der Waals surface area contributed by atoms with Crippen molar-refractivity contribution in [2.24, 2.45) is 0 Å². The molecule has 2 aromatic heterocycles. The van der Waals surface area contributed by atoms with Crippen LogP contribution in [0, 0.1) is 6.85 Å². The van der Waals surface area contributed by atoms with E-state index in [9.17, 15) is 0 Å². The third-order valence-electron chi connectivity index (χ3n) is 8.93. The second-order valence-corrected chi connectivity index (χ2v) is 12.2. The zero-order chi connectivity index (χ0) is 31.9. The minimum Gasteiger partial charge on any atom is -0.455 e. The minimum absolute atomic E-state index is 0.286. The lowest BCUT2D eigenvalue weighted by atomic mass is 9.92. The Hall–Kier alpha value is -4.89. The molecule has 2 heterocycles. The van der Waals surface area contributed by atoms with Crippen molar-refractivity contribution < 1.29 is 13.1 Å². The molecule has 0 spiro atoms. The lowest BCUT2D eigenvalue weighted by Gasteiger charge is -2.18. The van der Waals surface area contributed by atoms with E-state index in [2.05, 4.69) is 110 Å². The number of benzene rings is 6. The highest BCUT2D eigenvalue weighted by atomic mass is 16.3. The normalized spacial score (nSPS) is 13.6. The molecule has 0 amide bonds. The Bertz CT molecular complexity index is 2450. The van der Waals surface area contributed by atoms with E-state index in [4.69, 9.17) is 8.53 Å². The predicted octanol–water partition coefficient (Wildman–Crippen LogP) is 10.9. The first-order valence-corrected chi connectivity index (χ1v) is 15.1. The Morgan fingerprint density at radius 1 is 0.698 bits per heavy atom. The van der Waals surface area contributed by atoms with Crippen molar-refractivity contribution in [3.63, 3.8) is 0 Å². The molecule has 43 heavy (non-hydrogen) atoms. The van der Waals surface area contributed by atoms with Crippen LogP contribution in [-0.2, 0) is 0 Å². The molecule has 0 saturated carbocycles. The van der Waals surface area contributed by atoms with Crippen LogP contribution in [0.2, 0.25) is 0 Å². The van der Waals surface area contributed by atoms with Gasteiger partial charge in [0.25, 0.3) is 5.82 Å². The number of para-hydroxylation sites is 3. The van der Waals surface area contributed by atoms with Crippen LogP contribution in [-0.4, -0.2) is 4.98 Å². The molecule has 0 fully saturated rings. The lowest BCUT2D eigenvalue weighted by Crippen LogP contribution is -2.35. The molecule has 0 aliphatic carbocycles. The fourth-order valence-corrected chi connectivity index (χ4v) is 6.84. The van der Waals surface area contributed by atoms with E-state index in [0.717, 1.165) is 55.0 Å². The number of hydrogen-bond donors (Lipinski definition) is 1. The summed E-state index contributed by atoms with van der Waals surface area (Å²) in [6, 6.07) is 35.3. The zero-order valence-electron chi connectivity index (χ0n) is 27.8. The number of hydrogen-bond acceptors (Lipinski definition) is 1. The summed E-state index contributed by atoms with van der Waals surface area (Å²) in [6.07, 6.45) is 0. The standard InChI is InChI=1S/C40H34N2O/c1-23(2)28-13-10-14-29(24(3)4)38(28)42-35-16-9-8-15-34(35)41-40(42)31-20-17-25(5)37-33-21-27-19-18-26-11-6-7-12-30(26)32(27)22-36(33)43-39(31)37/h6-24H,1-5H3/p+1/i5D3. The maximum Gasteiger partial charge on any atom is 0.296 e. The van der Waals surface area contributed by atoms with E-state index >= 15 is 0 Å². The number of aromatic nitrogens is 2. The molecule has 0 radical (unpaired) electrons. The number of aryl methyl sites for hydroxylation is 1. The van der Waals surface area contributed by atoms with E-state index in [1.165, 1.54) is 11.1 Å². The summed E-state index contributed by atoms with van der Waals surface area (Å²) in [5, 5.41) is 5.85. The van der Waals surface area contributed by atoms with Gasteiger partial charge in [0.1, 0.15) is 16.8 Å². The maximum absolute atomic E-state index is 8.51. The largest absolute Gasteiger partial charge is 0.455 e. The molecule has 0 aliphatic rings. The molecule has 0 bridgehead atoms. The van der Waals surface area contributed by atoms with Gasteiger partial charge in [-0.15, -0.1) is 0 Å². The summed E-state index contributed by atoms with van der Waals surface area (Å²) in [5.41, 5.74) is 8.04. The number of aromatic amines is 1. The van der Waals surface area contributed by atoms with Gasteiger partial charge in [0.05, 0.1) is 0 Å². The molecule has 8 aromatic rings. The van der Waals surface area contributed by atoms with Gasteiger partial charge in [0.2, 0.25) is 0 Å². The number of rotatable bonds is 4. The number of nitrogens with zero attached hydrogens (tertiary/aromatic N) is 1. The molecular formula is C40H35N2O+. The summed E-state index contributed by atoms with van der Waals surface area (Å²) < 4.78 is 34.6. The molecule has 0 unspecified atom stereocenters. The van der Waals surface area contributed by atoms with Crippen LogP contribution in [0.5, 0.6) is 0 Å². The summed E-state index contributed by atoms with van der Waals surface area (Å²) in [6.45, 7) is 6.60. The number of fused-ring (bicyclic) bond motifs is 7. The molecule has 3 nitrogen and oxygen atoms in total. The molecule has 210 valence electrons. The predicted molar refractivity (Wildman–Crippen MR) is 180 cm³/mol. The van der Waals surface area contributed by atoms with Crippen LogP contribution < -0.4 is 4.57 Å². The number of furan rings is 1. The Morgan fingerprint density at radius 3 is 2.23 bits per heavy atom. The van der Waals surface area contributed by atoms with E-state index in [1.807, 2.05) is 24.3 Å². The highest BCUT2D eigenvalue weighted by molar-refractivity contribution is 6.18. The van der Waals surface area contributed by atoms with Gasteiger partial charge < -0.3 is 4.42 Å². The Labute approximate surface area is 255 Å². The highest BCUT2D eigenvalue weighted by Crippen LogP contribution is 2.41. The van der Waals surface area contributed by atoms with E-state index in [-0.39, 0.29) is 11.8 Å². The molecule has 3 heteroatoms. The molecule has 0 saturated heterocycles. The summed E-state index contributed by atoms with van der Waals surface area (Å²) >= 11 is 0. The number of imidazole rings is 1. The van der Waals surface area contributed by atoms with Gasteiger partial charge in [0, 0.05) is 26.0 Å². The smallest absolute Gasteiger partial charge is 0.296 e. The average molecular weight is 563 g/mol. The van der Waals surface area contributed by atoms with Gasteiger partial charge in [-0.25, -0.2) is 4.98 Å². The van der Waals surface area contributed by atoms with Gasteiger partial charge in [-0.05, 0) is 76.1 Å². The van der Waals surface area contributed by atoms with Gasteiger partial charge in [-0.1, -0.05) is 100 Å².